The van der Waals surface area contributed by atoms with Crippen molar-refractivity contribution in [1.29, 1.82) is 0 Å². The van der Waals surface area contributed by atoms with Crippen molar-refractivity contribution < 1.29 is 9.18 Å². The molecule has 0 aliphatic rings. The van der Waals surface area contributed by atoms with Gasteiger partial charge in [-0.1, -0.05) is 43.3 Å². The summed E-state index contributed by atoms with van der Waals surface area (Å²) in [5.74, 6) is -0.583. The lowest BCUT2D eigenvalue weighted by Crippen LogP contribution is -2.27. The molecule has 0 saturated carbocycles. The Morgan fingerprint density at radius 1 is 1.22 bits per heavy atom. The average molecular weight is 380 g/mol. The standard InChI is InChI=1S/C22H21FN2OS/c1-3-16-7-9-17(10-8-16)22(18-5-4-6-19(23)13-18)25-21(26)12-11-20-14-27-15(2)24-20/h4-14,22H,3H2,1-2H3,(H,25,26)/b12-11+/t22-/m0/s1. The number of halogens is 1. The van der Waals surface area contributed by atoms with E-state index in [1.165, 1.54) is 35.1 Å². The average Bonchev–Trinajstić information content (AvgIpc) is 3.10. The molecule has 3 aromatic rings. The van der Waals surface area contributed by atoms with Crippen molar-refractivity contribution in [3.8, 4) is 0 Å². The lowest BCUT2D eigenvalue weighted by molar-refractivity contribution is -0.116. The molecule has 0 aliphatic heterocycles. The molecule has 138 valence electrons. The molecule has 1 heterocycles. The largest absolute Gasteiger partial charge is 0.342 e. The van der Waals surface area contributed by atoms with Crippen LogP contribution in [0.2, 0.25) is 0 Å². The highest BCUT2D eigenvalue weighted by atomic mass is 32.1. The number of thiazole rings is 1. The van der Waals surface area contributed by atoms with Gasteiger partial charge in [-0.2, -0.15) is 0 Å². The molecule has 3 rings (SSSR count). The maximum absolute atomic E-state index is 13.7. The summed E-state index contributed by atoms with van der Waals surface area (Å²) < 4.78 is 13.7. The lowest BCUT2D eigenvalue weighted by atomic mass is 9.97. The molecule has 3 nitrogen and oxygen atoms in total. The fraction of sp³-hybridized carbons (Fsp3) is 0.182. The number of amides is 1. The van der Waals surface area contributed by atoms with E-state index in [4.69, 9.17) is 0 Å². The molecule has 0 aliphatic carbocycles. The van der Waals surface area contributed by atoms with E-state index in [2.05, 4.69) is 17.2 Å². The number of carbonyl (C=O) groups excluding carboxylic acids is 1. The van der Waals surface area contributed by atoms with Crippen LogP contribution in [0.5, 0.6) is 0 Å². The Kier molecular flexibility index (Phi) is 6.14. The number of hydrogen-bond donors (Lipinski definition) is 1. The van der Waals surface area contributed by atoms with Crippen molar-refractivity contribution in [2.45, 2.75) is 26.3 Å². The van der Waals surface area contributed by atoms with Gasteiger partial charge in [0, 0.05) is 11.5 Å². The van der Waals surface area contributed by atoms with Gasteiger partial charge in [0.1, 0.15) is 5.82 Å². The van der Waals surface area contributed by atoms with Crippen LogP contribution in [0, 0.1) is 12.7 Å². The van der Waals surface area contributed by atoms with Gasteiger partial charge in [0.15, 0.2) is 0 Å². The van der Waals surface area contributed by atoms with Crippen LogP contribution in [-0.4, -0.2) is 10.9 Å². The molecular formula is C22H21FN2OS. The predicted octanol–water partition coefficient (Wildman–Crippen LogP) is 5.07. The van der Waals surface area contributed by atoms with Gasteiger partial charge in [0.25, 0.3) is 0 Å². The monoisotopic (exact) mass is 380 g/mol. The van der Waals surface area contributed by atoms with Crippen molar-refractivity contribution >= 4 is 23.3 Å². The minimum atomic E-state index is -0.430. The minimum Gasteiger partial charge on any atom is -0.342 e. The fourth-order valence-electron chi connectivity index (χ4n) is 2.80. The first-order valence-electron chi connectivity index (χ1n) is 8.80. The quantitative estimate of drug-likeness (QED) is 0.607. The van der Waals surface area contributed by atoms with E-state index in [0.717, 1.165) is 22.7 Å². The zero-order valence-corrected chi connectivity index (χ0v) is 16.1. The number of hydrogen-bond acceptors (Lipinski definition) is 3. The molecule has 5 heteroatoms. The highest BCUT2D eigenvalue weighted by Crippen LogP contribution is 2.23. The van der Waals surface area contributed by atoms with Gasteiger partial charge >= 0.3 is 0 Å². The summed E-state index contributed by atoms with van der Waals surface area (Å²) in [6, 6.07) is 13.9. The number of nitrogens with one attached hydrogen (secondary N) is 1. The van der Waals surface area contributed by atoms with E-state index in [1.54, 1.807) is 12.1 Å². The Morgan fingerprint density at radius 2 is 2.00 bits per heavy atom. The number of carbonyl (C=O) groups is 1. The third-order valence-corrected chi connectivity index (χ3v) is 5.02. The SMILES string of the molecule is CCc1ccc([C@H](NC(=O)/C=C/c2csc(C)n2)c2cccc(F)c2)cc1. The van der Waals surface area contributed by atoms with Gasteiger partial charge in [-0.15, -0.1) is 11.3 Å². The number of benzene rings is 2. The summed E-state index contributed by atoms with van der Waals surface area (Å²) >= 11 is 1.53. The second-order valence-corrected chi connectivity index (χ2v) is 7.28. The van der Waals surface area contributed by atoms with Crippen LogP contribution in [0.1, 0.15) is 40.4 Å². The van der Waals surface area contributed by atoms with Gasteiger partial charge in [0.2, 0.25) is 5.91 Å². The van der Waals surface area contributed by atoms with E-state index in [9.17, 15) is 9.18 Å². The van der Waals surface area contributed by atoms with Gasteiger partial charge in [-0.05, 0) is 48.2 Å². The maximum Gasteiger partial charge on any atom is 0.244 e. The van der Waals surface area contributed by atoms with Crippen molar-refractivity contribution in [2.24, 2.45) is 0 Å². The number of nitrogens with zero attached hydrogens (tertiary/aromatic N) is 1. The van der Waals surface area contributed by atoms with Crippen molar-refractivity contribution in [1.82, 2.24) is 10.3 Å². The van der Waals surface area contributed by atoms with E-state index in [0.29, 0.717) is 5.56 Å². The van der Waals surface area contributed by atoms with Gasteiger partial charge in [-0.3, -0.25) is 4.79 Å². The molecule has 0 fully saturated rings. The smallest absolute Gasteiger partial charge is 0.244 e. The van der Waals surface area contributed by atoms with Crippen LogP contribution < -0.4 is 5.32 Å². The molecule has 1 amide bonds. The summed E-state index contributed by atoms with van der Waals surface area (Å²) in [7, 11) is 0. The third kappa shape index (κ3) is 5.11. The van der Waals surface area contributed by atoms with Crippen LogP contribution in [-0.2, 0) is 11.2 Å². The van der Waals surface area contributed by atoms with Crippen molar-refractivity contribution in [2.75, 3.05) is 0 Å². The third-order valence-electron chi connectivity index (χ3n) is 4.23. The number of rotatable bonds is 6. The van der Waals surface area contributed by atoms with Crippen LogP contribution >= 0.6 is 11.3 Å². The first-order valence-corrected chi connectivity index (χ1v) is 9.68. The molecule has 0 unspecified atom stereocenters. The van der Waals surface area contributed by atoms with E-state index in [1.807, 2.05) is 42.6 Å². The van der Waals surface area contributed by atoms with E-state index >= 15 is 0 Å². The van der Waals surface area contributed by atoms with Gasteiger partial charge in [0.05, 0.1) is 16.7 Å². The van der Waals surface area contributed by atoms with Gasteiger partial charge < -0.3 is 5.32 Å². The van der Waals surface area contributed by atoms with Crippen molar-refractivity contribution in [3.63, 3.8) is 0 Å². The van der Waals surface area contributed by atoms with Crippen LogP contribution in [0.4, 0.5) is 4.39 Å². The zero-order valence-electron chi connectivity index (χ0n) is 15.3. The molecule has 1 atom stereocenters. The fourth-order valence-corrected chi connectivity index (χ4v) is 3.38. The van der Waals surface area contributed by atoms with Gasteiger partial charge in [-0.25, -0.2) is 9.37 Å². The summed E-state index contributed by atoms with van der Waals surface area (Å²) in [5, 5.41) is 5.82. The topological polar surface area (TPSA) is 42.0 Å². The molecule has 0 spiro atoms. The second-order valence-electron chi connectivity index (χ2n) is 6.22. The molecule has 1 aromatic heterocycles. The second kappa shape index (κ2) is 8.73. The zero-order chi connectivity index (χ0) is 19.2. The summed E-state index contributed by atoms with van der Waals surface area (Å²) in [6.07, 6.45) is 4.08. The normalized spacial score (nSPS) is 12.3. The first-order chi connectivity index (χ1) is 13.0. The number of aromatic nitrogens is 1. The molecule has 2 aromatic carbocycles. The molecule has 1 N–H and O–H groups in total. The Bertz CT molecular complexity index is 947. The van der Waals surface area contributed by atoms with E-state index in [-0.39, 0.29) is 11.7 Å². The summed E-state index contributed by atoms with van der Waals surface area (Å²) in [6.45, 7) is 4.01. The predicted molar refractivity (Wildman–Crippen MR) is 108 cm³/mol. The minimum absolute atomic E-state index is 0.255. The molecule has 0 bridgehead atoms. The van der Waals surface area contributed by atoms with E-state index < -0.39 is 6.04 Å². The highest BCUT2D eigenvalue weighted by Gasteiger charge is 2.16. The lowest BCUT2D eigenvalue weighted by Gasteiger charge is -2.19. The van der Waals surface area contributed by atoms with Crippen molar-refractivity contribution in [3.05, 3.63) is 93.2 Å². The molecular weight excluding hydrogens is 359 g/mol. The highest BCUT2D eigenvalue weighted by molar-refractivity contribution is 7.09. The van der Waals surface area contributed by atoms with Crippen LogP contribution in [0.3, 0.4) is 0 Å². The Labute approximate surface area is 162 Å². The Balaban J connectivity index is 1.84. The Hall–Kier alpha value is -2.79. The first kappa shape index (κ1) is 19.0. The number of aryl methyl sites for hydroxylation is 2. The van der Waals surface area contributed by atoms with Crippen LogP contribution in [0.25, 0.3) is 6.08 Å². The molecule has 0 saturated heterocycles. The summed E-state index contributed by atoms with van der Waals surface area (Å²) in [4.78, 5) is 16.8. The maximum atomic E-state index is 13.7. The summed E-state index contributed by atoms with van der Waals surface area (Å²) in [5.41, 5.74) is 3.57. The van der Waals surface area contributed by atoms with Crippen LogP contribution in [0.15, 0.2) is 60.0 Å². The Morgan fingerprint density at radius 3 is 2.63 bits per heavy atom. The molecule has 27 heavy (non-hydrogen) atoms. The molecule has 0 radical (unpaired) electrons.